The van der Waals surface area contributed by atoms with E-state index in [1.807, 2.05) is 0 Å². The average molecular weight is 1710 g/mol. The molecule has 0 amide bonds. The summed E-state index contributed by atoms with van der Waals surface area (Å²) in [4.78, 5) is 19.4. The minimum Gasteiger partial charge on any atom is -0.440 e. The van der Waals surface area contributed by atoms with Crippen LogP contribution in [0, 0.1) is 27.7 Å². The van der Waals surface area contributed by atoms with Crippen molar-refractivity contribution in [1.82, 2.24) is 38.2 Å². The summed E-state index contributed by atoms with van der Waals surface area (Å²) in [6, 6.07) is 77.9. The Balaban J connectivity index is 0.000000126. The van der Waals surface area contributed by atoms with Crippen molar-refractivity contribution in [2.45, 2.75) is 224 Å². The van der Waals surface area contributed by atoms with Crippen LogP contribution in [0.1, 0.15) is 227 Å². The quantitative estimate of drug-likeness (QED) is 0.130. The molecule has 16 nitrogen and oxygen atoms in total. The predicted molar refractivity (Wildman–Crippen MR) is 524 cm³/mol. The molecule has 19 rings (SSSR count). The third-order valence-electron chi connectivity index (χ3n) is 24.8. The predicted octanol–water partition coefficient (Wildman–Crippen LogP) is 26.8. The van der Waals surface area contributed by atoms with E-state index in [1.54, 1.807) is 0 Å². The van der Waals surface area contributed by atoms with Gasteiger partial charge in [-0.2, -0.15) is 13.7 Å². The van der Waals surface area contributed by atoms with E-state index in [1.165, 1.54) is 94.6 Å². The van der Waals surface area contributed by atoms with Crippen LogP contribution >= 0.6 is 0 Å². The Kier molecular flexibility index (Phi) is 22.7. The zero-order valence-corrected chi connectivity index (χ0v) is 80.9. The molecule has 0 aliphatic heterocycles. The van der Waals surface area contributed by atoms with Crippen LogP contribution in [0.3, 0.4) is 0 Å². The van der Waals surface area contributed by atoms with Crippen molar-refractivity contribution in [2.75, 3.05) is 0 Å². The lowest BCUT2D eigenvalue weighted by Crippen LogP contribution is -2.33. The van der Waals surface area contributed by atoms with E-state index in [9.17, 15) is 0 Å². The number of imidazole rings is 4. The second-order valence-corrected chi connectivity index (χ2v) is 41.8. The average Bonchev–Trinajstić information content (AvgIpc) is 1.57. The highest BCUT2D eigenvalue weighted by Crippen LogP contribution is 2.43. The summed E-state index contributed by atoms with van der Waals surface area (Å²) in [6.45, 7) is 56.8. The summed E-state index contributed by atoms with van der Waals surface area (Å²) in [6.07, 6.45) is 0. The molecule has 0 atom stereocenters. The van der Waals surface area contributed by atoms with E-state index in [2.05, 4.69) is 463 Å². The Bertz CT molecular complexity index is 7440. The maximum atomic E-state index is 6.18. The second-order valence-electron chi connectivity index (χ2n) is 41.8. The number of benzene rings is 11. The smallest absolute Gasteiger partial charge is 0.295 e. The number of fused-ring (bicyclic) bond motifs is 8. The topological polar surface area (TPSA) is 139 Å². The minimum absolute atomic E-state index is 0.0576. The van der Waals surface area contributed by atoms with E-state index < -0.39 is 0 Å². The Morgan fingerprint density at radius 2 is 0.555 bits per heavy atom. The molecule has 0 unspecified atom stereocenters. The molecule has 0 spiro atoms. The van der Waals surface area contributed by atoms with Gasteiger partial charge in [0.15, 0.2) is 66.5 Å². The van der Waals surface area contributed by atoms with Gasteiger partial charge < -0.3 is 17.7 Å². The van der Waals surface area contributed by atoms with Crippen LogP contribution in [-0.2, 0) is 60.8 Å². The molecule has 0 bridgehead atoms. The highest BCUT2D eigenvalue weighted by Gasteiger charge is 2.38. The third-order valence-corrected chi connectivity index (χ3v) is 24.8. The highest BCUT2D eigenvalue weighted by molar-refractivity contribution is 5.90. The van der Waals surface area contributed by atoms with Gasteiger partial charge in [-0.05, 0) is 215 Å². The molecule has 11 aromatic carbocycles. The number of aryl methyl sites for hydroxylation is 8. The molecule has 128 heavy (non-hydrogen) atoms. The number of nitrogens with zero attached hydrogens (tertiary/aromatic N) is 12. The van der Waals surface area contributed by atoms with E-state index in [-0.39, 0.29) is 32.6 Å². The van der Waals surface area contributed by atoms with Crippen molar-refractivity contribution < 1.29 is 35.9 Å². The maximum Gasteiger partial charge on any atom is 0.295 e. The lowest BCUT2D eigenvalue weighted by Gasteiger charge is -2.18. The monoisotopic (exact) mass is 1710 g/mol. The van der Waals surface area contributed by atoms with E-state index >= 15 is 0 Å². The van der Waals surface area contributed by atoms with Crippen molar-refractivity contribution in [3.8, 4) is 62.6 Å². The Morgan fingerprint density at radius 3 is 0.867 bits per heavy atom. The van der Waals surface area contributed by atoms with Crippen molar-refractivity contribution in [2.24, 2.45) is 28.2 Å². The largest absolute Gasteiger partial charge is 0.440 e. The molecule has 8 heterocycles. The molecular weight excluding hydrogens is 1580 g/mol. The number of oxazole rings is 4. The number of rotatable bonds is 9. The zero-order valence-electron chi connectivity index (χ0n) is 80.9. The number of hydrogen-bond acceptors (Lipinski definition) is 8. The summed E-state index contributed by atoms with van der Waals surface area (Å²) in [7, 11) is 8.59. The third kappa shape index (κ3) is 16.3. The van der Waals surface area contributed by atoms with Gasteiger partial charge in [0.25, 0.3) is 23.3 Å². The van der Waals surface area contributed by atoms with Gasteiger partial charge in [-0.25, -0.2) is 42.8 Å². The fraction of sp³-hybridized carbons (Fsp3) is 0.339. The first-order valence-electron chi connectivity index (χ1n) is 45.2. The van der Waals surface area contributed by atoms with Gasteiger partial charge >= 0.3 is 0 Å². The number of hydrogen-bond donors (Lipinski definition) is 0. The maximum absolute atomic E-state index is 6.18. The summed E-state index contributed by atoms with van der Waals surface area (Å²) in [5.41, 5.74) is 33.1. The molecule has 0 radical (unpaired) electrons. The lowest BCUT2D eigenvalue weighted by molar-refractivity contribution is -0.634. The molecule has 19 aromatic rings. The Labute approximate surface area is 754 Å². The van der Waals surface area contributed by atoms with Crippen LogP contribution in [-0.4, -0.2) is 38.2 Å². The number of aromatic nitrogens is 12. The molecular formula is C112H128N12O4+4. The second kappa shape index (κ2) is 32.8. The van der Waals surface area contributed by atoms with Gasteiger partial charge in [-0.1, -0.05) is 229 Å². The molecule has 8 aromatic heterocycles. The molecule has 0 aliphatic carbocycles. The first-order valence-corrected chi connectivity index (χ1v) is 45.2. The van der Waals surface area contributed by atoms with E-state index in [0.717, 1.165) is 119 Å². The molecule has 16 heteroatoms. The molecule has 0 N–H and O–H groups in total. The summed E-state index contributed by atoms with van der Waals surface area (Å²) >= 11 is 0. The van der Waals surface area contributed by atoms with Gasteiger partial charge in [-0.15, -0.1) is 0 Å². The van der Waals surface area contributed by atoms with Crippen molar-refractivity contribution in [3.05, 3.63) is 281 Å². The summed E-state index contributed by atoms with van der Waals surface area (Å²) in [5.74, 6) is 8.47. The van der Waals surface area contributed by atoms with Crippen LogP contribution in [0.25, 0.3) is 151 Å². The summed E-state index contributed by atoms with van der Waals surface area (Å²) in [5, 5.41) is 0. The van der Waals surface area contributed by atoms with Gasteiger partial charge in [0.1, 0.15) is 44.7 Å². The zero-order chi connectivity index (χ0) is 91.8. The van der Waals surface area contributed by atoms with Gasteiger partial charge in [0.05, 0.1) is 50.4 Å². The van der Waals surface area contributed by atoms with Gasteiger partial charge in [0.2, 0.25) is 23.6 Å². The van der Waals surface area contributed by atoms with Crippen molar-refractivity contribution >= 4 is 88.5 Å². The molecule has 0 saturated carbocycles. The molecule has 656 valence electrons. The van der Waals surface area contributed by atoms with Crippen LogP contribution in [0.2, 0.25) is 0 Å². The van der Waals surface area contributed by atoms with Gasteiger partial charge in [0, 0.05) is 32.8 Å². The van der Waals surface area contributed by atoms with Crippen LogP contribution < -0.4 is 18.3 Å². The first-order chi connectivity index (χ1) is 60.3. The van der Waals surface area contributed by atoms with Crippen LogP contribution in [0.4, 0.5) is 0 Å². The van der Waals surface area contributed by atoms with Gasteiger partial charge in [-0.3, -0.25) is 0 Å². The normalized spacial score (nSPS) is 12.6. The number of para-hydroxylation sites is 10. The summed E-state index contributed by atoms with van der Waals surface area (Å²) < 4.78 is 43.2. The molecule has 0 saturated heterocycles. The Hall–Kier alpha value is -12.8. The molecule has 0 fully saturated rings. The minimum atomic E-state index is -0.144. The highest BCUT2D eigenvalue weighted by atomic mass is 16.4. The fourth-order valence-corrected chi connectivity index (χ4v) is 17.9. The fourth-order valence-electron chi connectivity index (χ4n) is 17.9. The van der Waals surface area contributed by atoms with E-state index in [0.29, 0.717) is 11.8 Å². The Morgan fingerprint density at radius 1 is 0.281 bits per heavy atom. The first kappa shape index (κ1) is 88.6. The van der Waals surface area contributed by atoms with E-state index in [4.69, 9.17) is 37.6 Å². The van der Waals surface area contributed by atoms with Crippen LogP contribution in [0.5, 0.6) is 0 Å². The molecule has 0 aliphatic rings. The van der Waals surface area contributed by atoms with Crippen molar-refractivity contribution in [1.29, 1.82) is 0 Å². The van der Waals surface area contributed by atoms with Crippen molar-refractivity contribution in [3.63, 3.8) is 0 Å². The van der Waals surface area contributed by atoms with Crippen LogP contribution in [0.15, 0.2) is 236 Å². The standard InChI is InChI=1S/C32H38N3O.C30H34N3O.C26H26N3O.C24H30N3O/c1-19(2)22-13-12-14-23(20(3)4)29(22)35-27-16-11-10-15-26(27)34(9)30(35)24-18-25-28(17-21(24)5)36-31(33-25)32(6,7)8;1-19-17-26-23(31-28(34-26)30(5,6)7)18-22(19)27-32(8)24-11-9-10-12-25(24)33(27)21-15-13-20(14-16-21)29(2,3)4;1-17-15-23-20(27-25(30-23)26(2,3)4)16-19(17)24-28(5)21-13-9-10-14-22(21)29(24)18-11-7-6-8-12-18;1-15-13-20-17(25-22(28-20)23(2,3)4)14-16(15)21-26(8)18-11-9-10-12-19(18)27(21)24(5,6)7/h10-20H,1-9H3;9-18H,1-8H3;6-16H,1-5H3;9-14H,1-8H3/q4*+1. The SMILES string of the molecule is Cc1cc2oc(C(C)(C)C)nc2cc1-c1n(-c2c(C(C)C)cccc2C(C)C)c2ccccc2[n+]1C.Cc1cc2oc(C(C)(C)C)nc2cc1-c1n(-c2ccc(C(C)(C)C)cc2)c2ccccc2[n+]1C.Cc1cc2oc(C(C)(C)C)nc2cc1-c1n(-c2ccccc2)c2ccccc2[n+]1C.Cc1cc2oc(C(C)(C)C)nc2cc1-c1n(C(C)(C)C)c2ccccc2[n+]1C. The lowest BCUT2D eigenvalue weighted by atomic mass is 9.87.